The van der Waals surface area contributed by atoms with Crippen LogP contribution in [0.1, 0.15) is 39.0 Å². The van der Waals surface area contributed by atoms with Crippen molar-refractivity contribution < 1.29 is 17.9 Å². The molecule has 2 rings (SSSR count). The number of carbonyl (C=O) groups excluding carboxylic acids is 1. The maximum atomic E-state index is 12.6. The summed E-state index contributed by atoms with van der Waals surface area (Å²) in [7, 11) is -3.51. The number of carbonyl (C=O) groups is 1. The fraction of sp³-hybridized carbons (Fsp3) is 0.917. The van der Waals surface area contributed by atoms with Crippen molar-refractivity contribution in [2.75, 3.05) is 26.2 Å². The number of esters is 1. The first kappa shape index (κ1) is 14.7. The summed E-state index contributed by atoms with van der Waals surface area (Å²) in [6.45, 7) is 3.57. The van der Waals surface area contributed by atoms with Crippen LogP contribution in [0.4, 0.5) is 0 Å². The molecule has 0 N–H and O–H groups in total. The molecule has 19 heavy (non-hydrogen) atoms. The Morgan fingerprint density at radius 1 is 1.16 bits per heavy atom. The third-order valence-electron chi connectivity index (χ3n) is 3.70. The summed E-state index contributed by atoms with van der Waals surface area (Å²) >= 11 is 0. The van der Waals surface area contributed by atoms with Gasteiger partial charge in [-0.15, -0.1) is 0 Å². The molecule has 2 aliphatic rings. The number of hydrogen-bond donors (Lipinski definition) is 0. The summed E-state index contributed by atoms with van der Waals surface area (Å²) in [5, 5.41) is 0. The van der Waals surface area contributed by atoms with Gasteiger partial charge >= 0.3 is 5.97 Å². The molecule has 0 spiro atoms. The summed E-state index contributed by atoms with van der Waals surface area (Å²) < 4.78 is 32.9. The van der Waals surface area contributed by atoms with Gasteiger partial charge in [-0.25, -0.2) is 0 Å². The van der Waals surface area contributed by atoms with Gasteiger partial charge in [0.25, 0.3) is 10.2 Å². The Balaban J connectivity index is 2.16. The number of nitrogens with zero attached hydrogens (tertiary/aromatic N) is 2. The molecule has 6 nitrogen and oxygen atoms in total. The fourth-order valence-electron chi connectivity index (χ4n) is 2.72. The van der Waals surface area contributed by atoms with E-state index in [-0.39, 0.29) is 6.61 Å². The third-order valence-corrected chi connectivity index (χ3v) is 5.75. The summed E-state index contributed by atoms with van der Waals surface area (Å²) in [4.78, 5) is 11.9. The Hall–Kier alpha value is -0.660. The second-order valence-corrected chi connectivity index (χ2v) is 6.87. The zero-order valence-corrected chi connectivity index (χ0v) is 12.2. The highest BCUT2D eigenvalue weighted by Gasteiger charge is 2.41. The van der Waals surface area contributed by atoms with Gasteiger partial charge in [0.2, 0.25) is 0 Å². The van der Waals surface area contributed by atoms with E-state index in [0.717, 1.165) is 25.7 Å². The predicted molar refractivity (Wildman–Crippen MR) is 70.7 cm³/mol. The predicted octanol–water partition coefficient (Wildman–Crippen LogP) is 0.745. The normalized spacial score (nSPS) is 26.5. The minimum Gasteiger partial charge on any atom is -0.465 e. The molecule has 2 heterocycles. The van der Waals surface area contributed by atoms with E-state index < -0.39 is 22.2 Å². The molecule has 2 aliphatic heterocycles. The van der Waals surface area contributed by atoms with Crippen LogP contribution in [-0.2, 0) is 19.7 Å². The smallest absolute Gasteiger partial charge is 0.324 e. The number of hydrogen-bond acceptors (Lipinski definition) is 4. The molecule has 7 heteroatoms. The minimum atomic E-state index is -3.51. The van der Waals surface area contributed by atoms with Gasteiger partial charge in [0.1, 0.15) is 6.04 Å². The molecule has 2 fully saturated rings. The van der Waals surface area contributed by atoms with E-state index in [2.05, 4.69) is 0 Å². The Morgan fingerprint density at radius 2 is 1.79 bits per heavy atom. The fourth-order valence-corrected chi connectivity index (χ4v) is 4.61. The van der Waals surface area contributed by atoms with Crippen molar-refractivity contribution in [1.82, 2.24) is 8.61 Å². The van der Waals surface area contributed by atoms with Gasteiger partial charge in [0, 0.05) is 19.6 Å². The first-order chi connectivity index (χ1) is 9.07. The van der Waals surface area contributed by atoms with Crippen LogP contribution in [0.25, 0.3) is 0 Å². The van der Waals surface area contributed by atoms with E-state index >= 15 is 0 Å². The van der Waals surface area contributed by atoms with E-state index in [1.165, 1.54) is 8.61 Å². The van der Waals surface area contributed by atoms with Crippen molar-refractivity contribution in [2.24, 2.45) is 0 Å². The Bertz CT molecular complexity index is 417. The minimum absolute atomic E-state index is 0.285. The monoisotopic (exact) mass is 290 g/mol. The van der Waals surface area contributed by atoms with Crippen LogP contribution in [0.3, 0.4) is 0 Å². The number of piperidine rings is 1. The van der Waals surface area contributed by atoms with Crippen LogP contribution >= 0.6 is 0 Å². The summed E-state index contributed by atoms with van der Waals surface area (Å²) in [5.74, 6) is -0.412. The van der Waals surface area contributed by atoms with Gasteiger partial charge in [-0.1, -0.05) is 0 Å². The molecule has 0 aromatic heterocycles. The van der Waals surface area contributed by atoms with Crippen molar-refractivity contribution in [1.29, 1.82) is 0 Å². The molecule has 1 unspecified atom stereocenters. The molecule has 2 saturated heterocycles. The molecule has 0 amide bonds. The first-order valence-corrected chi connectivity index (χ1v) is 8.40. The molecule has 0 bridgehead atoms. The van der Waals surface area contributed by atoms with Crippen molar-refractivity contribution >= 4 is 16.2 Å². The van der Waals surface area contributed by atoms with Crippen molar-refractivity contribution in [3.63, 3.8) is 0 Å². The van der Waals surface area contributed by atoms with Gasteiger partial charge in [-0.3, -0.25) is 4.79 Å². The molecule has 1 atom stereocenters. The van der Waals surface area contributed by atoms with Gasteiger partial charge < -0.3 is 4.74 Å². The van der Waals surface area contributed by atoms with Gasteiger partial charge in [-0.05, 0) is 39.0 Å². The van der Waals surface area contributed by atoms with Crippen LogP contribution in [0, 0.1) is 0 Å². The molecule has 0 aromatic carbocycles. The van der Waals surface area contributed by atoms with E-state index in [1.807, 2.05) is 0 Å². The van der Waals surface area contributed by atoms with E-state index in [4.69, 9.17) is 4.74 Å². The van der Waals surface area contributed by atoms with Crippen LogP contribution in [0.2, 0.25) is 0 Å². The highest BCUT2D eigenvalue weighted by Crippen LogP contribution is 2.25. The Labute approximate surface area is 114 Å². The number of rotatable bonds is 4. The largest absolute Gasteiger partial charge is 0.465 e. The lowest BCUT2D eigenvalue weighted by Gasteiger charge is -2.35. The Morgan fingerprint density at radius 3 is 2.42 bits per heavy atom. The maximum absolute atomic E-state index is 12.6. The zero-order chi connectivity index (χ0) is 13.9. The maximum Gasteiger partial charge on any atom is 0.324 e. The molecular formula is C12H22N2O4S. The van der Waals surface area contributed by atoms with Gasteiger partial charge in [0.15, 0.2) is 0 Å². The highest BCUT2D eigenvalue weighted by atomic mass is 32.2. The summed E-state index contributed by atoms with van der Waals surface area (Å²) in [6.07, 6.45) is 4.04. The molecule has 0 radical (unpaired) electrons. The van der Waals surface area contributed by atoms with Crippen LogP contribution in [0.15, 0.2) is 0 Å². The van der Waals surface area contributed by atoms with Gasteiger partial charge in [-0.2, -0.15) is 17.0 Å². The van der Waals surface area contributed by atoms with Crippen molar-refractivity contribution in [2.45, 2.75) is 45.1 Å². The van der Waals surface area contributed by atoms with Crippen molar-refractivity contribution in [3.8, 4) is 0 Å². The molecule has 0 aliphatic carbocycles. The molecule has 0 saturated carbocycles. The first-order valence-electron chi connectivity index (χ1n) is 7.01. The second-order valence-electron chi connectivity index (χ2n) is 4.99. The second kappa shape index (κ2) is 6.19. The summed E-state index contributed by atoms with van der Waals surface area (Å²) in [5.41, 5.74) is 0. The van der Waals surface area contributed by atoms with Crippen LogP contribution in [0.5, 0.6) is 0 Å². The number of ether oxygens (including phenoxy) is 1. The zero-order valence-electron chi connectivity index (χ0n) is 11.4. The third kappa shape index (κ3) is 3.09. The molecular weight excluding hydrogens is 268 g/mol. The quantitative estimate of drug-likeness (QED) is 0.716. The lowest BCUT2D eigenvalue weighted by atomic mass is 10.1. The van der Waals surface area contributed by atoms with Crippen LogP contribution < -0.4 is 0 Å². The average molecular weight is 290 g/mol. The van der Waals surface area contributed by atoms with E-state index in [0.29, 0.717) is 26.1 Å². The highest BCUT2D eigenvalue weighted by molar-refractivity contribution is 7.86. The van der Waals surface area contributed by atoms with E-state index in [9.17, 15) is 13.2 Å². The van der Waals surface area contributed by atoms with Crippen LogP contribution in [-0.4, -0.2) is 55.3 Å². The van der Waals surface area contributed by atoms with Gasteiger partial charge in [0.05, 0.1) is 6.61 Å². The molecule has 0 aromatic rings. The summed E-state index contributed by atoms with van der Waals surface area (Å²) in [6, 6.07) is -0.640. The molecule has 110 valence electrons. The van der Waals surface area contributed by atoms with E-state index in [1.54, 1.807) is 6.92 Å². The standard InChI is InChI=1S/C12H22N2O4S/c1-2-18-12(15)11-7-3-4-10-14(11)19(16,17)13-8-5-6-9-13/h11H,2-10H2,1H3. The lowest BCUT2D eigenvalue weighted by Crippen LogP contribution is -2.53. The topological polar surface area (TPSA) is 66.9 Å². The SMILES string of the molecule is CCOC(=O)C1CCCCN1S(=O)(=O)N1CCCC1. The van der Waals surface area contributed by atoms with Crippen molar-refractivity contribution in [3.05, 3.63) is 0 Å². The average Bonchev–Trinajstić information content (AvgIpc) is 2.93. The lowest BCUT2D eigenvalue weighted by molar-refractivity contribution is -0.148. The Kier molecular flexibility index (Phi) is 4.81.